The smallest absolute Gasteiger partial charge is 0.271 e. The molecule has 2 aromatic rings. The summed E-state index contributed by atoms with van der Waals surface area (Å²) in [5, 5.41) is 11.1. The molecular formula is C24H34N2O4S. The maximum atomic E-state index is 13.7. The molecular weight excluding hydrogens is 412 g/mol. The molecule has 7 heteroatoms. The van der Waals surface area contributed by atoms with Gasteiger partial charge in [-0.2, -0.15) is 0 Å². The summed E-state index contributed by atoms with van der Waals surface area (Å²) in [6.45, 7) is 18.3. The van der Waals surface area contributed by atoms with Crippen LogP contribution in [0.3, 0.4) is 0 Å². The van der Waals surface area contributed by atoms with E-state index in [9.17, 15) is 18.5 Å². The van der Waals surface area contributed by atoms with Crippen LogP contribution < -0.4 is 4.72 Å². The highest BCUT2D eigenvalue weighted by Gasteiger charge is 2.35. The Morgan fingerprint density at radius 2 is 1.29 bits per heavy atom. The van der Waals surface area contributed by atoms with Gasteiger partial charge in [-0.15, -0.1) is 0 Å². The van der Waals surface area contributed by atoms with Crippen molar-refractivity contribution in [3.63, 3.8) is 0 Å². The third-order valence-electron chi connectivity index (χ3n) is 5.15. The fourth-order valence-corrected chi connectivity index (χ4v) is 5.20. The molecule has 0 aliphatic heterocycles. The van der Waals surface area contributed by atoms with Crippen molar-refractivity contribution in [1.82, 2.24) is 0 Å². The minimum Gasteiger partial charge on any atom is -0.279 e. The topological polar surface area (TPSA) is 89.3 Å². The number of hydrogen-bond donors (Lipinski definition) is 1. The molecule has 0 aliphatic rings. The summed E-state index contributed by atoms with van der Waals surface area (Å²) in [6, 6.07) is 9.51. The van der Waals surface area contributed by atoms with Gasteiger partial charge in [0.15, 0.2) is 0 Å². The highest BCUT2D eigenvalue weighted by atomic mass is 32.2. The minimum atomic E-state index is -4.02. The minimum absolute atomic E-state index is 0.157. The van der Waals surface area contributed by atoms with Crippen LogP contribution in [-0.4, -0.2) is 13.3 Å². The molecule has 0 atom stereocenters. The normalized spacial score (nSPS) is 13.2. The quantitative estimate of drug-likeness (QED) is 0.441. The highest BCUT2D eigenvalue weighted by molar-refractivity contribution is 7.92. The largest absolute Gasteiger partial charge is 0.279 e. The zero-order valence-electron chi connectivity index (χ0n) is 20.0. The Balaban J connectivity index is 2.84. The highest BCUT2D eigenvalue weighted by Crippen LogP contribution is 2.41. The van der Waals surface area contributed by atoms with Gasteiger partial charge >= 0.3 is 0 Å². The van der Waals surface area contributed by atoms with E-state index in [-0.39, 0.29) is 21.7 Å². The molecule has 31 heavy (non-hydrogen) atoms. The summed E-state index contributed by atoms with van der Waals surface area (Å²) >= 11 is 0. The number of anilines is 1. The van der Waals surface area contributed by atoms with Crippen LogP contribution in [0.1, 0.15) is 79.0 Å². The number of non-ortho nitro benzene ring substituents is 1. The Bertz CT molecular complexity index is 1060. The summed E-state index contributed by atoms with van der Waals surface area (Å²) in [7, 11) is -4.02. The van der Waals surface area contributed by atoms with Crippen molar-refractivity contribution in [1.29, 1.82) is 0 Å². The fraction of sp³-hybridized carbons (Fsp3) is 0.500. The average Bonchev–Trinajstić information content (AvgIpc) is 2.58. The van der Waals surface area contributed by atoms with Crippen molar-refractivity contribution in [2.45, 2.75) is 83.5 Å². The first-order valence-corrected chi connectivity index (χ1v) is 11.8. The summed E-state index contributed by atoms with van der Waals surface area (Å²) in [4.78, 5) is 10.8. The summed E-state index contributed by atoms with van der Waals surface area (Å²) in [6.07, 6.45) is 0. The van der Waals surface area contributed by atoms with Gasteiger partial charge in [-0.25, -0.2) is 8.42 Å². The molecule has 0 spiro atoms. The Hall–Kier alpha value is -2.41. The second-order valence-corrected chi connectivity index (χ2v) is 12.7. The first-order chi connectivity index (χ1) is 13.8. The Labute approximate surface area is 186 Å². The van der Waals surface area contributed by atoms with Crippen LogP contribution in [0.15, 0.2) is 41.3 Å². The summed E-state index contributed by atoms with van der Waals surface area (Å²) in [5.74, 6) is 0. The number of nitrogens with one attached hydrogen (secondary N) is 1. The molecule has 0 amide bonds. The van der Waals surface area contributed by atoms with Crippen LogP contribution in [0.4, 0.5) is 11.4 Å². The van der Waals surface area contributed by atoms with Crippen LogP contribution >= 0.6 is 0 Å². The van der Waals surface area contributed by atoms with Gasteiger partial charge in [0, 0.05) is 12.1 Å². The van der Waals surface area contributed by atoms with E-state index < -0.39 is 25.8 Å². The van der Waals surface area contributed by atoms with Gasteiger partial charge in [0.2, 0.25) is 0 Å². The molecule has 0 aromatic heterocycles. The van der Waals surface area contributed by atoms with E-state index >= 15 is 0 Å². The van der Waals surface area contributed by atoms with E-state index in [0.717, 1.165) is 16.7 Å². The molecule has 0 fully saturated rings. The molecule has 0 heterocycles. The van der Waals surface area contributed by atoms with Crippen molar-refractivity contribution < 1.29 is 13.3 Å². The van der Waals surface area contributed by atoms with Crippen molar-refractivity contribution in [3.05, 3.63) is 63.2 Å². The molecule has 0 unspecified atom stereocenters. The van der Waals surface area contributed by atoms with Crippen molar-refractivity contribution in [3.8, 4) is 0 Å². The predicted molar refractivity (Wildman–Crippen MR) is 126 cm³/mol. The van der Waals surface area contributed by atoms with Crippen LogP contribution in [0.5, 0.6) is 0 Å². The Kier molecular flexibility index (Phi) is 6.36. The molecule has 6 nitrogen and oxygen atoms in total. The van der Waals surface area contributed by atoms with Crippen molar-refractivity contribution >= 4 is 21.4 Å². The van der Waals surface area contributed by atoms with E-state index in [0.29, 0.717) is 0 Å². The Morgan fingerprint density at radius 1 is 0.806 bits per heavy atom. The van der Waals surface area contributed by atoms with Crippen LogP contribution in [0, 0.1) is 10.1 Å². The van der Waals surface area contributed by atoms with E-state index in [2.05, 4.69) is 25.5 Å². The molecule has 1 N–H and O–H groups in total. The number of nitro groups is 1. The van der Waals surface area contributed by atoms with Crippen LogP contribution in [0.25, 0.3) is 0 Å². The van der Waals surface area contributed by atoms with E-state index in [1.165, 1.54) is 24.3 Å². The molecule has 2 rings (SSSR count). The zero-order valence-corrected chi connectivity index (χ0v) is 20.8. The molecule has 0 saturated carbocycles. The van der Waals surface area contributed by atoms with Gasteiger partial charge in [-0.05, 0) is 39.0 Å². The Morgan fingerprint density at radius 3 is 1.68 bits per heavy atom. The number of nitrogens with zero attached hydrogens (tertiary/aromatic N) is 1. The van der Waals surface area contributed by atoms with E-state index in [1.807, 2.05) is 53.7 Å². The number of hydrogen-bond acceptors (Lipinski definition) is 4. The van der Waals surface area contributed by atoms with E-state index in [1.54, 1.807) is 0 Å². The molecule has 0 saturated heterocycles. The lowest BCUT2D eigenvalue weighted by Crippen LogP contribution is -2.28. The molecule has 0 bridgehead atoms. The van der Waals surface area contributed by atoms with Gasteiger partial charge in [0.25, 0.3) is 15.7 Å². The second-order valence-electron chi connectivity index (χ2n) is 11.1. The number of sulfonamides is 1. The average molecular weight is 447 g/mol. The van der Waals surface area contributed by atoms with Crippen LogP contribution in [-0.2, 0) is 26.3 Å². The van der Waals surface area contributed by atoms with Crippen molar-refractivity contribution in [2.75, 3.05) is 4.72 Å². The molecule has 0 aliphatic carbocycles. The number of nitro benzene ring substituents is 1. The summed E-state index contributed by atoms with van der Waals surface area (Å²) in [5.41, 5.74) is 1.48. The maximum Gasteiger partial charge on any atom is 0.271 e. The van der Waals surface area contributed by atoms with Crippen molar-refractivity contribution in [2.24, 2.45) is 0 Å². The third-order valence-corrected chi connectivity index (χ3v) is 6.63. The van der Waals surface area contributed by atoms with Gasteiger partial charge in [-0.1, -0.05) is 80.5 Å². The van der Waals surface area contributed by atoms with E-state index in [4.69, 9.17) is 0 Å². The molecule has 2 aromatic carbocycles. The lowest BCUT2D eigenvalue weighted by molar-refractivity contribution is -0.384. The standard InChI is InChI=1S/C24H34N2O4S/c1-22(2,3)16-13-19(23(4,5)6)21(20(14-16)24(7,8)9)31(29,30)25-17-11-10-12-18(15-17)26(27)28/h10-15,25H,1-9H3. The lowest BCUT2D eigenvalue weighted by Gasteiger charge is -2.33. The third kappa shape index (κ3) is 5.64. The van der Waals surface area contributed by atoms with Gasteiger partial charge < -0.3 is 0 Å². The van der Waals surface area contributed by atoms with Gasteiger partial charge in [-0.3, -0.25) is 14.8 Å². The molecule has 0 radical (unpaired) electrons. The number of rotatable bonds is 4. The second kappa shape index (κ2) is 7.93. The zero-order chi connectivity index (χ0) is 24.0. The fourth-order valence-electron chi connectivity index (χ4n) is 3.35. The monoisotopic (exact) mass is 446 g/mol. The summed E-state index contributed by atoms with van der Waals surface area (Å²) < 4.78 is 30.0. The van der Waals surface area contributed by atoms with Crippen LogP contribution in [0.2, 0.25) is 0 Å². The SMILES string of the molecule is CC(C)(C)c1cc(C(C)(C)C)c(S(=O)(=O)Nc2cccc([N+](=O)[O-])c2)c(C(C)(C)C)c1. The number of benzene rings is 2. The van der Waals surface area contributed by atoms with Gasteiger partial charge in [0.1, 0.15) is 0 Å². The lowest BCUT2D eigenvalue weighted by atomic mass is 9.75. The molecule has 170 valence electrons. The first kappa shape index (κ1) is 24.9. The first-order valence-electron chi connectivity index (χ1n) is 10.3. The maximum absolute atomic E-state index is 13.7. The predicted octanol–water partition coefficient (Wildman–Crippen LogP) is 6.29. The van der Waals surface area contributed by atoms with Gasteiger partial charge in [0.05, 0.1) is 15.5 Å².